The van der Waals surface area contributed by atoms with Crippen molar-refractivity contribution in [2.75, 3.05) is 13.2 Å². The minimum absolute atomic E-state index is 0.0251. The fraction of sp³-hybridized carbons (Fsp3) is 0.263. The maximum atomic E-state index is 10.8. The highest BCUT2D eigenvalue weighted by molar-refractivity contribution is 5.72. The van der Waals surface area contributed by atoms with Crippen LogP contribution in [0.2, 0.25) is 0 Å². The number of carbonyl (C=O) groups is 1. The lowest BCUT2D eigenvalue weighted by atomic mass is 10.2. The smallest absolute Gasteiger partial charge is 0.216 e. The Bertz CT molecular complexity index is 695. The molecule has 0 saturated heterocycles. The quantitative estimate of drug-likeness (QED) is 0.864. The van der Waals surface area contributed by atoms with E-state index in [9.17, 15) is 4.79 Å². The molecule has 23 heavy (non-hydrogen) atoms. The van der Waals surface area contributed by atoms with Crippen molar-refractivity contribution in [1.29, 1.82) is 0 Å². The predicted molar refractivity (Wildman–Crippen MR) is 90.2 cm³/mol. The molecular weight excluding hydrogens is 288 g/mol. The monoisotopic (exact) mass is 308 g/mol. The Balaban J connectivity index is 1.94. The highest BCUT2D eigenvalue weighted by Gasteiger charge is 1.96. The molecule has 4 heteroatoms. The second-order valence-electron chi connectivity index (χ2n) is 4.98. The molecule has 0 bridgehead atoms. The summed E-state index contributed by atoms with van der Waals surface area (Å²) in [7, 11) is 0. The molecule has 118 valence electrons. The number of pyridine rings is 1. The van der Waals surface area contributed by atoms with Gasteiger partial charge in [0.15, 0.2) is 0 Å². The number of amides is 1. The highest BCUT2D eigenvalue weighted by atomic mass is 16.5. The molecule has 0 fully saturated rings. The van der Waals surface area contributed by atoms with Crippen LogP contribution >= 0.6 is 0 Å². The molecule has 2 rings (SSSR count). The summed E-state index contributed by atoms with van der Waals surface area (Å²) in [4.78, 5) is 15.2. The second-order valence-corrected chi connectivity index (χ2v) is 4.98. The maximum absolute atomic E-state index is 10.8. The van der Waals surface area contributed by atoms with Gasteiger partial charge in [0.05, 0.1) is 6.61 Å². The molecule has 1 heterocycles. The summed E-state index contributed by atoms with van der Waals surface area (Å²) in [5.74, 6) is 7.02. The number of nitrogens with zero attached hydrogens (tertiary/aromatic N) is 1. The molecule has 1 aromatic heterocycles. The number of nitrogens with one attached hydrogen (secondary N) is 1. The van der Waals surface area contributed by atoms with Gasteiger partial charge in [-0.25, -0.2) is 0 Å². The van der Waals surface area contributed by atoms with E-state index in [1.54, 1.807) is 6.20 Å². The molecule has 4 nitrogen and oxygen atoms in total. The number of rotatable bonds is 5. The third kappa shape index (κ3) is 5.84. The lowest BCUT2D eigenvalue weighted by Crippen LogP contribution is -2.22. The number of hydrogen-bond donors (Lipinski definition) is 1. The van der Waals surface area contributed by atoms with Crippen LogP contribution in [0.3, 0.4) is 0 Å². The molecule has 0 atom stereocenters. The largest absolute Gasteiger partial charge is 0.494 e. The first-order valence-electron chi connectivity index (χ1n) is 7.61. The normalized spacial score (nSPS) is 9.65. The summed E-state index contributed by atoms with van der Waals surface area (Å²) in [6.07, 6.45) is 2.47. The average Bonchev–Trinajstić information content (AvgIpc) is 2.55. The summed E-state index contributed by atoms with van der Waals surface area (Å²) < 4.78 is 5.40. The molecule has 0 aliphatic carbocycles. The highest BCUT2D eigenvalue weighted by Crippen LogP contribution is 2.11. The molecule has 1 N–H and O–H groups in total. The first kappa shape index (κ1) is 16.6. The van der Waals surface area contributed by atoms with Crippen LogP contribution in [-0.4, -0.2) is 24.0 Å². The summed E-state index contributed by atoms with van der Waals surface area (Å²) in [5.41, 5.74) is 2.73. The Morgan fingerprint density at radius 1 is 1.13 bits per heavy atom. The molecule has 0 radical (unpaired) electrons. The SMILES string of the molecule is CCOc1ccc(C#Cc2ccc(CCNC(C)=O)nc2)cc1. The minimum atomic E-state index is -0.0251. The lowest BCUT2D eigenvalue weighted by Gasteiger charge is -2.02. The summed E-state index contributed by atoms with van der Waals surface area (Å²) >= 11 is 0. The van der Waals surface area contributed by atoms with E-state index in [2.05, 4.69) is 22.1 Å². The zero-order valence-corrected chi connectivity index (χ0v) is 13.4. The van der Waals surface area contributed by atoms with Crippen molar-refractivity contribution in [3.05, 3.63) is 59.4 Å². The Morgan fingerprint density at radius 2 is 1.83 bits per heavy atom. The van der Waals surface area contributed by atoms with E-state index in [-0.39, 0.29) is 5.91 Å². The number of ether oxygens (including phenoxy) is 1. The Morgan fingerprint density at radius 3 is 2.43 bits per heavy atom. The Labute approximate surface area is 136 Å². The molecule has 0 unspecified atom stereocenters. The van der Waals surface area contributed by atoms with E-state index in [4.69, 9.17) is 4.74 Å². The van der Waals surface area contributed by atoms with Gasteiger partial charge in [0, 0.05) is 42.9 Å². The number of carbonyl (C=O) groups excluding carboxylic acids is 1. The topological polar surface area (TPSA) is 51.2 Å². The maximum Gasteiger partial charge on any atom is 0.216 e. The van der Waals surface area contributed by atoms with Gasteiger partial charge in [0.25, 0.3) is 0 Å². The Hall–Kier alpha value is -2.80. The van der Waals surface area contributed by atoms with Crippen molar-refractivity contribution >= 4 is 5.91 Å². The van der Waals surface area contributed by atoms with Crippen molar-refractivity contribution in [3.63, 3.8) is 0 Å². The first-order valence-corrected chi connectivity index (χ1v) is 7.61. The molecule has 0 aliphatic rings. The van der Waals surface area contributed by atoms with Crippen LogP contribution in [0, 0.1) is 11.8 Å². The van der Waals surface area contributed by atoms with Gasteiger partial charge in [0.1, 0.15) is 5.75 Å². The molecule has 2 aromatic rings. The fourth-order valence-electron chi connectivity index (χ4n) is 1.96. The van der Waals surface area contributed by atoms with Gasteiger partial charge in [-0.15, -0.1) is 0 Å². The van der Waals surface area contributed by atoms with E-state index < -0.39 is 0 Å². The minimum Gasteiger partial charge on any atom is -0.494 e. The van der Waals surface area contributed by atoms with Gasteiger partial charge >= 0.3 is 0 Å². The number of benzene rings is 1. The van der Waals surface area contributed by atoms with Gasteiger partial charge in [0.2, 0.25) is 5.91 Å². The van der Waals surface area contributed by atoms with E-state index in [1.165, 1.54) is 6.92 Å². The molecule has 1 amide bonds. The van der Waals surface area contributed by atoms with Crippen molar-refractivity contribution in [3.8, 4) is 17.6 Å². The zero-order chi connectivity index (χ0) is 16.5. The van der Waals surface area contributed by atoms with Gasteiger partial charge < -0.3 is 10.1 Å². The van der Waals surface area contributed by atoms with Gasteiger partial charge in [-0.05, 0) is 43.3 Å². The van der Waals surface area contributed by atoms with Crippen LogP contribution in [0.25, 0.3) is 0 Å². The standard InChI is InChI=1S/C19H20N2O2/c1-3-23-19-10-7-16(8-11-19)4-5-17-6-9-18(21-14-17)12-13-20-15(2)22/h6-11,14H,3,12-13H2,1-2H3,(H,20,22). The van der Waals surface area contributed by atoms with Gasteiger partial charge in [-0.1, -0.05) is 11.8 Å². The van der Waals surface area contributed by atoms with Crippen LogP contribution in [0.5, 0.6) is 5.75 Å². The van der Waals surface area contributed by atoms with Gasteiger partial charge in [-0.2, -0.15) is 0 Å². The van der Waals surface area contributed by atoms with Crippen LogP contribution in [-0.2, 0) is 11.2 Å². The van der Waals surface area contributed by atoms with Crippen molar-refractivity contribution in [2.45, 2.75) is 20.3 Å². The second kappa shape index (κ2) is 8.60. The summed E-state index contributed by atoms with van der Waals surface area (Å²) in [6.45, 7) is 4.72. The van der Waals surface area contributed by atoms with Crippen molar-refractivity contribution < 1.29 is 9.53 Å². The third-order valence-corrected chi connectivity index (χ3v) is 3.10. The van der Waals surface area contributed by atoms with E-state index >= 15 is 0 Å². The third-order valence-electron chi connectivity index (χ3n) is 3.10. The molecule has 0 spiro atoms. The van der Waals surface area contributed by atoms with Crippen LogP contribution in [0.4, 0.5) is 0 Å². The summed E-state index contributed by atoms with van der Waals surface area (Å²) in [6, 6.07) is 11.6. The summed E-state index contributed by atoms with van der Waals surface area (Å²) in [5, 5.41) is 2.75. The molecule has 0 saturated carbocycles. The van der Waals surface area contributed by atoms with Crippen LogP contribution in [0.1, 0.15) is 30.7 Å². The average molecular weight is 308 g/mol. The molecular formula is C19H20N2O2. The molecule has 0 aliphatic heterocycles. The van der Waals surface area contributed by atoms with E-state index in [1.807, 2.05) is 43.3 Å². The molecule has 1 aromatic carbocycles. The number of aromatic nitrogens is 1. The van der Waals surface area contributed by atoms with E-state index in [0.29, 0.717) is 19.6 Å². The van der Waals surface area contributed by atoms with Gasteiger partial charge in [-0.3, -0.25) is 9.78 Å². The Kier molecular flexibility index (Phi) is 6.19. The van der Waals surface area contributed by atoms with Crippen molar-refractivity contribution in [2.24, 2.45) is 0 Å². The lowest BCUT2D eigenvalue weighted by molar-refractivity contribution is -0.118. The predicted octanol–water partition coefficient (Wildman–Crippen LogP) is 2.56. The first-order chi connectivity index (χ1) is 11.2. The zero-order valence-electron chi connectivity index (χ0n) is 13.4. The number of hydrogen-bond acceptors (Lipinski definition) is 3. The van der Waals surface area contributed by atoms with Crippen LogP contribution < -0.4 is 10.1 Å². The van der Waals surface area contributed by atoms with E-state index in [0.717, 1.165) is 22.6 Å². The van der Waals surface area contributed by atoms with Crippen molar-refractivity contribution in [1.82, 2.24) is 10.3 Å². The van der Waals surface area contributed by atoms with Crippen LogP contribution in [0.15, 0.2) is 42.6 Å². The fourth-order valence-corrected chi connectivity index (χ4v) is 1.96.